The molecule has 1 rings (SSSR count). The maximum Gasteiger partial charge on any atom is 0.344 e. The van der Waals surface area contributed by atoms with Gasteiger partial charge in [-0.15, -0.1) is 0 Å². The fraction of sp³-hybridized carbons (Fsp3) is 0.429. The first-order valence-electron chi connectivity index (χ1n) is 6.52. The van der Waals surface area contributed by atoms with Gasteiger partial charge >= 0.3 is 5.97 Å². The number of anilines is 1. The molecule has 0 spiro atoms. The van der Waals surface area contributed by atoms with E-state index in [0.29, 0.717) is 18.0 Å². The lowest BCUT2D eigenvalue weighted by molar-refractivity contribution is -0.150. The summed E-state index contributed by atoms with van der Waals surface area (Å²) in [6.45, 7) is 2.07. The van der Waals surface area contributed by atoms with Gasteiger partial charge in [-0.25, -0.2) is 4.79 Å². The van der Waals surface area contributed by atoms with Crippen molar-refractivity contribution >= 4 is 17.6 Å². The van der Waals surface area contributed by atoms with Crippen molar-refractivity contribution in [2.75, 3.05) is 25.5 Å². The Morgan fingerprint density at radius 2 is 2.10 bits per heavy atom. The zero-order valence-corrected chi connectivity index (χ0v) is 11.6. The maximum atomic E-state index is 11.4. The standard InChI is InChI=1S/C14H20N2O4/c1-2-3-7-16-13(17)9-20-14(18)10-19-12-6-4-5-11(15)8-12/h4-6,8H,2-3,7,9-10,15H2,1H3,(H,16,17). The highest BCUT2D eigenvalue weighted by Gasteiger charge is 2.08. The molecule has 110 valence electrons. The van der Waals surface area contributed by atoms with Gasteiger partial charge in [-0.05, 0) is 18.6 Å². The van der Waals surface area contributed by atoms with E-state index in [1.807, 2.05) is 6.92 Å². The zero-order valence-electron chi connectivity index (χ0n) is 11.6. The van der Waals surface area contributed by atoms with E-state index in [4.69, 9.17) is 15.2 Å². The predicted octanol–water partition coefficient (Wildman–Crippen LogP) is 1.11. The number of nitrogens with one attached hydrogen (secondary N) is 1. The van der Waals surface area contributed by atoms with Crippen LogP contribution in [0.5, 0.6) is 5.75 Å². The number of amides is 1. The molecule has 0 bridgehead atoms. The molecule has 0 heterocycles. The Bertz CT molecular complexity index is 449. The van der Waals surface area contributed by atoms with E-state index in [1.165, 1.54) is 0 Å². The summed E-state index contributed by atoms with van der Waals surface area (Å²) in [5.41, 5.74) is 6.12. The molecule has 0 aliphatic carbocycles. The van der Waals surface area contributed by atoms with Crippen molar-refractivity contribution < 1.29 is 19.1 Å². The summed E-state index contributed by atoms with van der Waals surface area (Å²) in [6, 6.07) is 6.72. The summed E-state index contributed by atoms with van der Waals surface area (Å²) in [7, 11) is 0. The molecule has 0 unspecified atom stereocenters. The number of unbranched alkanes of at least 4 members (excludes halogenated alkanes) is 1. The number of carbonyl (C=O) groups is 2. The van der Waals surface area contributed by atoms with Crippen LogP contribution in [-0.4, -0.2) is 31.6 Å². The maximum absolute atomic E-state index is 11.4. The molecule has 0 atom stereocenters. The fourth-order valence-corrected chi connectivity index (χ4v) is 1.39. The zero-order chi connectivity index (χ0) is 14.8. The van der Waals surface area contributed by atoms with Gasteiger partial charge in [0.1, 0.15) is 5.75 Å². The van der Waals surface area contributed by atoms with Crippen molar-refractivity contribution in [2.45, 2.75) is 19.8 Å². The SMILES string of the molecule is CCCCNC(=O)COC(=O)COc1cccc(N)c1. The molecule has 0 saturated heterocycles. The molecule has 0 aliphatic rings. The summed E-state index contributed by atoms with van der Waals surface area (Å²) in [6.07, 6.45) is 1.90. The molecule has 3 N–H and O–H groups in total. The molecule has 0 saturated carbocycles. The molecule has 0 aromatic heterocycles. The van der Waals surface area contributed by atoms with Crippen LogP contribution in [-0.2, 0) is 14.3 Å². The Balaban J connectivity index is 2.19. The second kappa shape index (κ2) is 8.79. The van der Waals surface area contributed by atoms with Crippen LogP contribution in [0, 0.1) is 0 Å². The highest BCUT2D eigenvalue weighted by atomic mass is 16.6. The minimum Gasteiger partial charge on any atom is -0.482 e. The van der Waals surface area contributed by atoms with Crippen LogP contribution in [0.2, 0.25) is 0 Å². The number of benzene rings is 1. The van der Waals surface area contributed by atoms with Crippen molar-refractivity contribution in [3.63, 3.8) is 0 Å². The number of hydrogen-bond donors (Lipinski definition) is 2. The number of nitrogens with two attached hydrogens (primary N) is 1. The van der Waals surface area contributed by atoms with E-state index in [1.54, 1.807) is 24.3 Å². The molecule has 6 heteroatoms. The molecule has 0 fully saturated rings. The van der Waals surface area contributed by atoms with Crippen molar-refractivity contribution in [1.29, 1.82) is 0 Å². The van der Waals surface area contributed by atoms with Gasteiger partial charge in [-0.2, -0.15) is 0 Å². The van der Waals surface area contributed by atoms with Crippen LogP contribution in [0.3, 0.4) is 0 Å². The lowest BCUT2D eigenvalue weighted by Crippen LogP contribution is -2.30. The summed E-state index contributed by atoms with van der Waals surface area (Å²) in [5, 5.41) is 2.65. The smallest absolute Gasteiger partial charge is 0.344 e. The second-order valence-corrected chi connectivity index (χ2v) is 4.23. The van der Waals surface area contributed by atoms with Gasteiger partial charge in [-0.3, -0.25) is 4.79 Å². The minimum atomic E-state index is -0.599. The number of nitrogen functional groups attached to an aromatic ring is 1. The second-order valence-electron chi connectivity index (χ2n) is 4.23. The quantitative estimate of drug-likeness (QED) is 0.423. The number of carbonyl (C=O) groups excluding carboxylic acids is 2. The Kier molecular flexibility index (Phi) is 6.95. The largest absolute Gasteiger partial charge is 0.482 e. The topological polar surface area (TPSA) is 90.6 Å². The monoisotopic (exact) mass is 280 g/mol. The van der Waals surface area contributed by atoms with Crippen molar-refractivity contribution in [3.8, 4) is 5.75 Å². The molecule has 6 nitrogen and oxygen atoms in total. The van der Waals surface area contributed by atoms with Gasteiger partial charge < -0.3 is 20.5 Å². The van der Waals surface area contributed by atoms with Gasteiger partial charge in [0.25, 0.3) is 5.91 Å². The van der Waals surface area contributed by atoms with E-state index in [9.17, 15) is 9.59 Å². The Hall–Kier alpha value is -2.24. The van der Waals surface area contributed by atoms with Crippen molar-refractivity contribution in [3.05, 3.63) is 24.3 Å². The Morgan fingerprint density at radius 3 is 2.80 bits per heavy atom. The first-order valence-corrected chi connectivity index (χ1v) is 6.52. The van der Waals surface area contributed by atoms with E-state index in [2.05, 4.69) is 5.32 Å². The van der Waals surface area contributed by atoms with Crippen LogP contribution in [0.25, 0.3) is 0 Å². The lowest BCUT2D eigenvalue weighted by Gasteiger charge is -2.08. The number of esters is 1. The highest BCUT2D eigenvalue weighted by Crippen LogP contribution is 2.14. The molecule has 1 amide bonds. The molecule has 0 radical (unpaired) electrons. The summed E-state index contributed by atoms with van der Waals surface area (Å²) in [5.74, 6) is -0.428. The number of hydrogen-bond acceptors (Lipinski definition) is 5. The summed E-state index contributed by atoms with van der Waals surface area (Å²) in [4.78, 5) is 22.7. The number of rotatable bonds is 8. The number of ether oxygens (including phenoxy) is 2. The van der Waals surface area contributed by atoms with Gasteiger partial charge in [0.15, 0.2) is 13.2 Å². The van der Waals surface area contributed by atoms with Crippen LogP contribution in [0.4, 0.5) is 5.69 Å². The van der Waals surface area contributed by atoms with Gasteiger partial charge in [0.05, 0.1) is 0 Å². The van der Waals surface area contributed by atoms with Crippen molar-refractivity contribution in [2.24, 2.45) is 0 Å². The molecule has 20 heavy (non-hydrogen) atoms. The first kappa shape index (κ1) is 15.8. The Morgan fingerprint density at radius 1 is 1.30 bits per heavy atom. The fourth-order valence-electron chi connectivity index (χ4n) is 1.39. The third-order valence-corrected chi connectivity index (χ3v) is 2.43. The van der Waals surface area contributed by atoms with Crippen LogP contribution >= 0.6 is 0 Å². The van der Waals surface area contributed by atoms with Crippen LogP contribution < -0.4 is 15.8 Å². The van der Waals surface area contributed by atoms with E-state index in [0.717, 1.165) is 12.8 Å². The van der Waals surface area contributed by atoms with Gasteiger partial charge in [-0.1, -0.05) is 19.4 Å². The third-order valence-electron chi connectivity index (χ3n) is 2.43. The normalized spacial score (nSPS) is 9.85. The average Bonchev–Trinajstić information content (AvgIpc) is 2.43. The molecule has 1 aromatic carbocycles. The minimum absolute atomic E-state index is 0.258. The van der Waals surface area contributed by atoms with Gasteiger partial charge in [0, 0.05) is 18.3 Å². The Labute approximate surface area is 118 Å². The third kappa shape index (κ3) is 6.63. The molecular formula is C14H20N2O4. The first-order chi connectivity index (χ1) is 9.61. The van der Waals surface area contributed by atoms with Crippen LogP contribution in [0.15, 0.2) is 24.3 Å². The molecule has 1 aromatic rings. The highest BCUT2D eigenvalue weighted by molar-refractivity contribution is 5.80. The summed E-state index contributed by atoms with van der Waals surface area (Å²) < 4.78 is 9.97. The molecule has 0 aliphatic heterocycles. The van der Waals surface area contributed by atoms with E-state index in [-0.39, 0.29) is 19.1 Å². The van der Waals surface area contributed by atoms with E-state index < -0.39 is 5.97 Å². The van der Waals surface area contributed by atoms with E-state index >= 15 is 0 Å². The van der Waals surface area contributed by atoms with Crippen LogP contribution in [0.1, 0.15) is 19.8 Å². The summed E-state index contributed by atoms with van der Waals surface area (Å²) >= 11 is 0. The molecular weight excluding hydrogens is 260 g/mol. The average molecular weight is 280 g/mol. The van der Waals surface area contributed by atoms with Crippen molar-refractivity contribution in [1.82, 2.24) is 5.32 Å². The predicted molar refractivity (Wildman–Crippen MR) is 75.2 cm³/mol. The van der Waals surface area contributed by atoms with Gasteiger partial charge in [0.2, 0.25) is 0 Å². The lowest BCUT2D eigenvalue weighted by atomic mass is 10.3.